The van der Waals surface area contributed by atoms with E-state index in [-0.39, 0.29) is 5.57 Å². The quantitative estimate of drug-likeness (QED) is 0.181. The van der Waals surface area contributed by atoms with Crippen LogP contribution in [0.1, 0.15) is 28.1 Å². The number of nitrogens with one attached hydrogen (secondary N) is 1. The van der Waals surface area contributed by atoms with E-state index >= 15 is 0 Å². The van der Waals surface area contributed by atoms with Crippen molar-refractivity contribution in [3.05, 3.63) is 115 Å². The van der Waals surface area contributed by atoms with Crippen LogP contribution in [0, 0.1) is 32.1 Å². The van der Waals surface area contributed by atoms with E-state index in [4.69, 9.17) is 39.5 Å². The maximum Gasteiger partial charge on any atom is 0.266 e. The van der Waals surface area contributed by atoms with E-state index in [1.165, 1.54) is 0 Å². The van der Waals surface area contributed by atoms with Gasteiger partial charge in [-0.05, 0) is 92.6 Å². The minimum absolute atomic E-state index is 0.00534. The molecular formula is C30H24Cl3N3O2. The van der Waals surface area contributed by atoms with Crippen LogP contribution in [0.15, 0.2) is 72.3 Å². The van der Waals surface area contributed by atoms with Crippen molar-refractivity contribution in [1.29, 1.82) is 5.26 Å². The Labute approximate surface area is 236 Å². The zero-order valence-corrected chi connectivity index (χ0v) is 23.2. The standard InChI is InChI=1S/C30H24Cl3N3O2/c1-18-13-22(14-23(16-34)30(37)35-29-6-4-5-27(32)19(29)2)20(3)36(18)25-9-11-26(12-10-25)38-17-21-7-8-24(31)15-28(21)33/h4-15H,17H2,1-3H3,(H,35,37)/b23-14-. The van der Waals surface area contributed by atoms with Crippen molar-refractivity contribution in [2.45, 2.75) is 27.4 Å². The van der Waals surface area contributed by atoms with Gasteiger partial charge >= 0.3 is 0 Å². The second-order valence-electron chi connectivity index (χ2n) is 8.72. The number of anilines is 1. The van der Waals surface area contributed by atoms with Crippen molar-refractivity contribution in [3.63, 3.8) is 0 Å². The average Bonchev–Trinajstić information content (AvgIpc) is 3.17. The fraction of sp³-hybridized carbons (Fsp3) is 0.133. The molecule has 192 valence electrons. The lowest BCUT2D eigenvalue weighted by Crippen LogP contribution is -2.14. The summed E-state index contributed by atoms with van der Waals surface area (Å²) in [4.78, 5) is 12.8. The molecule has 4 rings (SSSR count). The molecule has 4 aromatic rings. The number of halogens is 3. The lowest BCUT2D eigenvalue weighted by Gasteiger charge is -2.12. The van der Waals surface area contributed by atoms with E-state index in [0.29, 0.717) is 33.1 Å². The zero-order chi connectivity index (χ0) is 27.4. The van der Waals surface area contributed by atoms with E-state index in [2.05, 4.69) is 9.88 Å². The highest BCUT2D eigenvalue weighted by molar-refractivity contribution is 6.35. The number of aryl methyl sites for hydroxylation is 1. The van der Waals surface area contributed by atoms with E-state index < -0.39 is 5.91 Å². The molecule has 0 spiro atoms. The Hall–Kier alpha value is -3.69. The highest BCUT2D eigenvalue weighted by Crippen LogP contribution is 2.27. The number of hydrogen-bond acceptors (Lipinski definition) is 3. The van der Waals surface area contributed by atoms with Crippen molar-refractivity contribution in [3.8, 4) is 17.5 Å². The summed E-state index contributed by atoms with van der Waals surface area (Å²) in [5.74, 6) is 0.201. The molecule has 8 heteroatoms. The van der Waals surface area contributed by atoms with Gasteiger partial charge in [0.15, 0.2) is 0 Å². The molecule has 0 fully saturated rings. The number of rotatable bonds is 7. The average molecular weight is 565 g/mol. The molecule has 0 saturated heterocycles. The topological polar surface area (TPSA) is 67.0 Å². The maximum atomic E-state index is 12.8. The zero-order valence-electron chi connectivity index (χ0n) is 21.0. The van der Waals surface area contributed by atoms with E-state index in [0.717, 1.165) is 33.8 Å². The second-order valence-corrected chi connectivity index (χ2v) is 9.97. The lowest BCUT2D eigenvalue weighted by atomic mass is 10.1. The molecule has 1 heterocycles. The molecule has 1 amide bonds. The van der Waals surface area contributed by atoms with Gasteiger partial charge in [-0.25, -0.2) is 0 Å². The smallest absolute Gasteiger partial charge is 0.266 e. The number of aromatic nitrogens is 1. The molecule has 0 radical (unpaired) electrons. The molecule has 0 saturated carbocycles. The number of amides is 1. The minimum atomic E-state index is -0.495. The van der Waals surface area contributed by atoms with Gasteiger partial charge in [0.1, 0.15) is 24.0 Å². The predicted octanol–water partition coefficient (Wildman–Crippen LogP) is 8.49. The van der Waals surface area contributed by atoms with Gasteiger partial charge in [0.25, 0.3) is 5.91 Å². The van der Waals surface area contributed by atoms with Crippen molar-refractivity contribution < 1.29 is 9.53 Å². The Morgan fingerprint density at radius 1 is 1.00 bits per heavy atom. The molecule has 0 bridgehead atoms. The third-order valence-electron chi connectivity index (χ3n) is 6.16. The van der Waals surface area contributed by atoms with Crippen LogP contribution in [-0.2, 0) is 11.4 Å². The molecule has 0 aliphatic carbocycles. The van der Waals surface area contributed by atoms with Crippen LogP contribution in [0.4, 0.5) is 5.69 Å². The van der Waals surface area contributed by atoms with Gasteiger partial charge in [0.2, 0.25) is 0 Å². The Morgan fingerprint density at radius 3 is 2.42 bits per heavy atom. The highest BCUT2D eigenvalue weighted by atomic mass is 35.5. The molecule has 0 aliphatic rings. The molecular weight excluding hydrogens is 541 g/mol. The Morgan fingerprint density at radius 2 is 1.74 bits per heavy atom. The Balaban J connectivity index is 1.52. The van der Waals surface area contributed by atoms with Crippen LogP contribution in [0.5, 0.6) is 5.75 Å². The van der Waals surface area contributed by atoms with Crippen molar-refractivity contribution in [2.75, 3.05) is 5.32 Å². The van der Waals surface area contributed by atoms with Crippen LogP contribution in [0.25, 0.3) is 11.8 Å². The van der Waals surface area contributed by atoms with Crippen LogP contribution >= 0.6 is 34.8 Å². The Kier molecular flexibility index (Phi) is 8.48. The summed E-state index contributed by atoms with van der Waals surface area (Å²) in [5, 5.41) is 14.2. The molecule has 3 aromatic carbocycles. The van der Waals surface area contributed by atoms with Gasteiger partial charge in [0.05, 0.1) is 0 Å². The third-order valence-corrected chi connectivity index (χ3v) is 7.15. The second kappa shape index (κ2) is 11.8. The number of carbonyl (C=O) groups excluding carboxylic acids is 1. The van der Waals surface area contributed by atoms with Gasteiger partial charge < -0.3 is 14.6 Å². The SMILES string of the molecule is Cc1c(Cl)cccc1NC(=O)/C(C#N)=C\c1cc(C)n(-c2ccc(OCc3ccc(Cl)cc3Cl)cc2)c1C. The number of benzene rings is 3. The minimum Gasteiger partial charge on any atom is -0.489 e. The van der Waals surface area contributed by atoms with Crippen molar-refractivity contribution in [2.24, 2.45) is 0 Å². The fourth-order valence-electron chi connectivity index (χ4n) is 4.06. The maximum absolute atomic E-state index is 12.8. The van der Waals surface area contributed by atoms with E-state index in [1.54, 1.807) is 36.4 Å². The summed E-state index contributed by atoms with van der Waals surface area (Å²) < 4.78 is 7.95. The van der Waals surface area contributed by atoms with Crippen LogP contribution < -0.4 is 10.1 Å². The Bertz CT molecular complexity index is 1580. The number of nitriles is 1. The molecule has 1 aromatic heterocycles. The molecule has 5 nitrogen and oxygen atoms in total. The van der Waals surface area contributed by atoms with Crippen molar-refractivity contribution in [1.82, 2.24) is 4.57 Å². The number of carbonyl (C=O) groups is 1. The van der Waals surface area contributed by atoms with Crippen molar-refractivity contribution >= 4 is 52.5 Å². The largest absolute Gasteiger partial charge is 0.489 e. The molecule has 1 N–H and O–H groups in total. The number of nitrogens with zero attached hydrogens (tertiary/aromatic N) is 2. The highest BCUT2D eigenvalue weighted by Gasteiger charge is 2.15. The van der Waals surface area contributed by atoms with E-state index in [1.807, 2.05) is 63.2 Å². The summed E-state index contributed by atoms with van der Waals surface area (Å²) in [6.07, 6.45) is 1.60. The first kappa shape index (κ1) is 27.3. The lowest BCUT2D eigenvalue weighted by molar-refractivity contribution is -0.112. The first-order valence-corrected chi connectivity index (χ1v) is 12.9. The first-order valence-electron chi connectivity index (χ1n) is 11.7. The molecule has 0 unspecified atom stereocenters. The monoisotopic (exact) mass is 563 g/mol. The van der Waals surface area contributed by atoms with Crippen LogP contribution in [0.3, 0.4) is 0 Å². The summed E-state index contributed by atoms with van der Waals surface area (Å²) in [7, 11) is 0. The van der Waals surface area contributed by atoms with Crippen LogP contribution in [0.2, 0.25) is 15.1 Å². The van der Waals surface area contributed by atoms with Crippen LogP contribution in [-0.4, -0.2) is 10.5 Å². The first-order chi connectivity index (χ1) is 18.2. The van der Waals surface area contributed by atoms with Gasteiger partial charge in [-0.3, -0.25) is 4.79 Å². The van der Waals surface area contributed by atoms with Gasteiger partial charge in [-0.15, -0.1) is 0 Å². The summed E-state index contributed by atoms with van der Waals surface area (Å²) >= 11 is 18.4. The van der Waals surface area contributed by atoms with E-state index in [9.17, 15) is 10.1 Å². The summed E-state index contributed by atoms with van der Waals surface area (Å²) in [6, 6.07) is 22.2. The summed E-state index contributed by atoms with van der Waals surface area (Å²) in [5.41, 5.74) is 5.69. The normalized spacial score (nSPS) is 11.2. The molecule has 38 heavy (non-hydrogen) atoms. The summed E-state index contributed by atoms with van der Waals surface area (Å²) in [6.45, 7) is 6.04. The molecule has 0 atom stereocenters. The number of ether oxygens (including phenoxy) is 1. The number of hydrogen-bond donors (Lipinski definition) is 1. The predicted molar refractivity (Wildman–Crippen MR) is 154 cm³/mol. The van der Waals surface area contributed by atoms with Gasteiger partial charge in [-0.1, -0.05) is 46.9 Å². The fourth-order valence-corrected chi connectivity index (χ4v) is 4.70. The third kappa shape index (κ3) is 6.06. The van der Waals surface area contributed by atoms with Gasteiger partial charge in [-0.2, -0.15) is 5.26 Å². The molecule has 0 aliphatic heterocycles. The van der Waals surface area contributed by atoms with Gasteiger partial charge in [0, 0.05) is 43.4 Å².